The van der Waals surface area contributed by atoms with Gasteiger partial charge in [0.25, 0.3) is 0 Å². The summed E-state index contributed by atoms with van der Waals surface area (Å²) >= 11 is 12.0. The quantitative estimate of drug-likeness (QED) is 0.695. The molecule has 0 aromatic heterocycles. The molecule has 0 unspecified atom stereocenters. The molecular formula is C19H19Cl2NO4. The van der Waals surface area contributed by atoms with Gasteiger partial charge in [0.2, 0.25) is 5.91 Å². The third-order valence-electron chi connectivity index (χ3n) is 3.60. The van der Waals surface area contributed by atoms with Gasteiger partial charge in [-0.05, 0) is 23.3 Å². The predicted octanol–water partition coefficient (Wildman–Crippen LogP) is 3.41. The van der Waals surface area contributed by atoms with Gasteiger partial charge in [-0.15, -0.1) is 0 Å². The lowest BCUT2D eigenvalue weighted by atomic mass is 10.1. The zero-order valence-electron chi connectivity index (χ0n) is 14.2. The predicted molar refractivity (Wildman–Crippen MR) is 100 cm³/mol. The van der Waals surface area contributed by atoms with Gasteiger partial charge in [0.15, 0.2) is 0 Å². The highest BCUT2D eigenvalue weighted by Crippen LogP contribution is 2.22. The highest BCUT2D eigenvalue weighted by atomic mass is 35.5. The van der Waals surface area contributed by atoms with Crippen LogP contribution in [0.4, 0.5) is 0 Å². The van der Waals surface area contributed by atoms with Crippen LogP contribution in [-0.2, 0) is 32.1 Å². The van der Waals surface area contributed by atoms with E-state index in [-0.39, 0.29) is 13.0 Å². The molecule has 0 aliphatic heterocycles. The van der Waals surface area contributed by atoms with E-state index in [0.717, 1.165) is 5.56 Å². The topological polar surface area (TPSA) is 64.6 Å². The molecule has 0 spiro atoms. The normalized spacial score (nSPS) is 11.7. The number of nitrogens with one attached hydrogen (secondary N) is 1. The number of benzene rings is 2. The molecule has 0 aliphatic carbocycles. The van der Waals surface area contributed by atoms with Crippen LogP contribution in [-0.4, -0.2) is 31.6 Å². The number of amides is 1. The summed E-state index contributed by atoms with van der Waals surface area (Å²) in [6.07, 6.45) is 0.188. The summed E-state index contributed by atoms with van der Waals surface area (Å²) in [5, 5.41) is 3.52. The highest BCUT2D eigenvalue weighted by molar-refractivity contribution is 6.35. The first-order chi connectivity index (χ1) is 12.5. The Balaban J connectivity index is 1.92. The zero-order chi connectivity index (χ0) is 18.9. The number of methoxy groups -OCH3 is 1. The van der Waals surface area contributed by atoms with Crippen molar-refractivity contribution < 1.29 is 19.1 Å². The van der Waals surface area contributed by atoms with Crippen molar-refractivity contribution in [2.45, 2.75) is 19.1 Å². The third-order valence-corrected chi connectivity index (χ3v) is 4.19. The van der Waals surface area contributed by atoms with E-state index in [0.29, 0.717) is 22.2 Å². The molecular weight excluding hydrogens is 377 g/mol. The summed E-state index contributed by atoms with van der Waals surface area (Å²) in [7, 11) is 1.26. The standard InChI is InChI=1S/C19H19Cl2NO4/c1-25-19(24)17(9-14-7-8-15(20)10-16(14)21)22-18(23)12-26-11-13-5-3-2-4-6-13/h2-8,10,17H,9,11-12H2,1H3,(H,22,23)/t17-/m1/s1. The lowest BCUT2D eigenvalue weighted by molar-refractivity contribution is -0.145. The van der Waals surface area contributed by atoms with Crippen molar-refractivity contribution in [1.82, 2.24) is 5.32 Å². The molecule has 0 saturated heterocycles. The van der Waals surface area contributed by atoms with E-state index in [1.165, 1.54) is 7.11 Å². The van der Waals surface area contributed by atoms with Crippen LogP contribution in [0.3, 0.4) is 0 Å². The van der Waals surface area contributed by atoms with Gasteiger partial charge in [-0.2, -0.15) is 0 Å². The molecule has 0 bridgehead atoms. The number of hydrogen-bond acceptors (Lipinski definition) is 4. The molecule has 26 heavy (non-hydrogen) atoms. The van der Waals surface area contributed by atoms with Crippen molar-refractivity contribution in [3.05, 3.63) is 69.7 Å². The fourth-order valence-electron chi connectivity index (χ4n) is 2.31. The van der Waals surface area contributed by atoms with E-state index in [1.807, 2.05) is 30.3 Å². The molecule has 0 radical (unpaired) electrons. The lowest BCUT2D eigenvalue weighted by Crippen LogP contribution is -2.44. The van der Waals surface area contributed by atoms with Gasteiger partial charge in [0.05, 0.1) is 13.7 Å². The van der Waals surface area contributed by atoms with Crippen molar-refractivity contribution in [3.63, 3.8) is 0 Å². The minimum absolute atomic E-state index is 0.170. The van der Waals surface area contributed by atoms with Crippen molar-refractivity contribution in [2.75, 3.05) is 13.7 Å². The second-order valence-electron chi connectivity index (χ2n) is 5.56. The summed E-state index contributed by atoms with van der Waals surface area (Å²) in [6, 6.07) is 13.6. The Kier molecular flexibility index (Phi) is 7.91. The van der Waals surface area contributed by atoms with Gasteiger partial charge >= 0.3 is 5.97 Å². The first kappa shape index (κ1) is 20.2. The molecule has 1 atom stereocenters. The number of ether oxygens (including phenoxy) is 2. The molecule has 0 aliphatic rings. The van der Waals surface area contributed by atoms with Crippen LogP contribution in [0.1, 0.15) is 11.1 Å². The molecule has 1 N–H and O–H groups in total. The van der Waals surface area contributed by atoms with E-state index >= 15 is 0 Å². The molecule has 0 fully saturated rings. The number of rotatable bonds is 8. The molecule has 0 heterocycles. The largest absolute Gasteiger partial charge is 0.467 e. The number of halogens is 2. The summed E-state index contributed by atoms with van der Waals surface area (Å²) < 4.78 is 10.1. The molecule has 2 rings (SSSR count). The monoisotopic (exact) mass is 395 g/mol. The fraction of sp³-hybridized carbons (Fsp3) is 0.263. The Labute approximate surface area is 162 Å². The van der Waals surface area contributed by atoms with Gasteiger partial charge in [-0.25, -0.2) is 4.79 Å². The zero-order valence-corrected chi connectivity index (χ0v) is 15.7. The van der Waals surface area contributed by atoms with Gasteiger partial charge in [-0.3, -0.25) is 4.79 Å². The summed E-state index contributed by atoms with van der Waals surface area (Å²) in [5.41, 5.74) is 1.63. The number of carbonyl (C=O) groups is 2. The smallest absolute Gasteiger partial charge is 0.328 e. The molecule has 7 heteroatoms. The molecule has 138 valence electrons. The second-order valence-corrected chi connectivity index (χ2v) is 6.41. The summed E-state index contributed by atoms with van der Waals surface area (Å²) in [5.74, 6) is -0.978. The molecule has 2 aromatic rings. The Morgan fingerprint density at radius 1 is 1.12 bits per heavy atom. The molecule has 0 saturated carbocycles. The van der Waals surface area contributed by atoms with Gasteiger partial charge < -0.3 is 14.8 Å². The van der Waals surface area contributed by atoms with E-state index in [1.54, 1.807) is 18.2 Å². The van der Waals surface area contributed by atoms with Crippen molar-refractivity contribution in [3.8, 4) is 0 Å². The van der Waals surface area contributed by atoms with Crippen LogP contribution in [0.5, 0.6) is 0 Å². The minimum atomic E-state index is -0.869. The Hall–Kier alpha value is -2.08. The minimum Gasteiger partial charge on any atom is -0.467 e. The van der Waals surface area contributed by atoms with E-state index in [4.69, 9.17) is 32.7 Å². The van der Waals surface area contributed by atoms with E-state index in [2.05, 4.69) is 5.32 Å². The van der Waals surface area contributed by atoms with Crippen molar-refractivity contribution >= 4 is 35.1 Å². The summed E-state index contributed by atoms with van der Waals surface area (Å²) in [6.45, 7) is 0.136. The summed E-state index contributed by atoms with van der Waals surface area (Å²) in [4.78, 5) is 24.1. The Morgan fingerprint density at radius 2 is 1.85 bits per heavy atom. The Morgan fingerprint density at radius 3 is 2.50 bits per heavy atom. The van der Waals surface area contributed by atoms with Crippen LogP contribution >= 0.6 is 23.2 Å². The van der Waals surface area contributed by atoms with Crippen LogP contribution in [0.15, 0.2) is 48.5 Å². The number of esters is 1. The highest BCUT2D eigenvalue weighted by Gasteiger charge is 2.23. The average molecular weight is 396 g/mol. The first-order valence-corrected chi connectivity index (χ1v) is 8.68. The first-order valence-electron chi connectivity index (χ1n) is 7.92. The lowest BCUT2D eigenvalue weighted by Gasteiger charge is -2.17. The second kappa shape index (κ2) is 10.2. The molecule has 2 aromatic carbocycles. The van der Waals surface area contributed by atoms with E-state index < -0.39 is 17.9 Å². The number of carbonyl (C=O) groups excluding carboxylic acids is 2. The van der Waals surface area contributed by atoms with Crippen LogP contribution in [0, 0.1) is 0 Å². The van der Waals surface area contributed by atoms with E-state index in [9.17, 15) is 9.59 Å². The Bertz CT molecular complexity index is 752. The fourth-order valence-corrected chi connectivity index (χ4v) is 2.80. The van der Waals surface area contributed by atoms with Crippen molar-refractivity contribution in [1.29, 1.82) is 0 Å². The third kappa shape index (κ3) is 6.33. The average Bonchev–Trinajstić information content (AvgIpc) is 2.63. The molecule has 5 nitrogen and oxygen atoms in total. The maximum Gasteiger partial charge on any atom is 0.328 e. The van der Waals surface area contributed by atoms with Gasteiger partial charge in [0, 0.05) is 16.5 Å². The van der Waals surface area contributed by atoms with Crippen LogP contribution in [0.2, 0.25) is 10.0 Å². The maximum absolute atomic E-state index is 12.1. The molecule has 1 amide bonds. The SMILES string of the molecule is COC(=O)[C@@H](Cc1ccc(Cl)cc1Cl)NC(=O)COCc1ccccc1. The van der Waals surface area contributed by atoms with Gasteiger partial charge in [0.1, 0.15) is 12.6 Å². The van der Waals surface area contributed by atoms with Crippen LogP contribution in [0.25, 0.3) is 0 Å². The number of hydrogen-bond donors (Lipinski definition) is 1. The van der Waals surface area contributed by atoms with Crippen LogP contribution < -0.4 is 5.32 Å². The van der Waals surface area contributed by atoms with Crippen molar-refractivity contribution in [2.24, 2.45) is 0 Å². The van der Waals surface area contributed by atoms with Gasteiger partial charge in [-0.1, -0.05) is 59.6 Å². The maximum atomic E-state index is 12.1.